The SMILES string of the molecule is [2H]COc1ncc(-c2ccc3c(C(N)=O)nn(C[2H])c3c2)cc1C(=O)N[C@H](C[2H])c1cccc(OC(F)(F)F)c1. The van der Waals surface area contributed by atoms with Gasteiger partial charge in [-0.2, -0.15) is 5.10 Å². The van der Waals surface area contributed by atoms with Crippen LogP contribution in [-0.2, 0) is 7.02 Å². The number of halogens is 3. The maximum atomic E-state index is 13.3. The number of nitrogens with zero attached hydrogens (tertiary/aromatic N) is 3. The normalized spacial score (nSPS) is 13.3. The Hall–Kier alpha value is -4.61. The number of amides is 2. The van der Waals surface area contributed by atoms with Crippen molar-refractivity contribution in [3.63, 3.8) is 0 Å². The molecule has 3 N–H and O–H groups in total. The second kappa shape index (κ2) is 9.80. The first-order valence-electron chi connectivity index (χ1n) is 12.6. The van der Waals surface area contributed by atoms with E-state index in [1.165, 1.54) is 29.1 Å². The van der Waals surface area contributed by atoms with Crippen molar-refractivity contribution < 1.29 is 36.3 Å². The summed E-state index contributed by atoms with van der Waals surface area (Å²) >= 11 is 0. The number of aromatic nitrogens is 3. The van der Waals surface area contributed by atoms with Crippen molar-refractivity contribution in [2.24, 2.45) is 12.8 Å². The fourth-order valence-electron chi connectivity index (χ4n) is 3.67. The Morgan fingerprint density at radius 1 is 1.16 bits per heavy atom. The Morgan fingerprint density at radius 3 is 2.70 bits per heavy atom. The minimum Gasteiger partial charge on any atom is -0.480 e. The summed E-state index contributed by atoms with van der Waals surface area (Å²) in [5.41, 5.74) is 6.96. The van der Waals surface area contributed by atoms with Crippen molar-refractivity contribution >= 4 is 22.7 Å². The molecular weight excluding hydrogens is 491 g/mol. The van der Waals surface area contributed by atoms with Crippen LogP contribution in [0.4, 0.5) is 13.2 Å². The Balaban J connectivity index is 1.68. The van der Waals surface area contributed by atoms with E-state index < -0.39 is 44.0 Å². The highest BCUT2D eigenvalue weighted by Crippen LogP contribution is 2.30. The van der Waals surface area contributed by atoms with Crippen molar-refractivity contribution in [1.82, 2.24) is 20.1 Å². The summed E-state index contributed by atoms with van der Waals surface area (Å²) in [5, 5.41) is 7.11. The molecule has 2 amide bonds. The van der Waals surface area contributed by atoms with Crippen LogP contribution in [0.5, 0.6) is 11.6 Å². The first-order chi connectivity index (χ1) is 19.0. The number of ether oxygens (including phenoxy) is 2. The van der Waals surface area contributed by atoms with Gasteiger partial charge in [-0.05, 0) is 48.4 Å². The minimum absolute atomic E-state index is 0.0114. The molecule has 0 saturated heterocycles. The van der Waals surface area contributed by atoms with Gasteiger partial charge < -0.3 is 20.5 Å². The number of hydrogen-bond acceptors (Lipinski definition) is 6. The number of aryl methyl sites for hydroxylation is 1. The number of carbonyl (C=O) groups is 2. The molecule has 0 aliphatic heterocycles. The second-order valence-electron chi connectivity index (χ2n) is 7.81. The van der Waals surface area contributed by atoms with Gasteiger partial charge in [-0.1, -0.05) is 18.2 Å². The lowest BCUT2D eigenvalue weighted by Gasteiger charge is -2.17. The maximum Gasteiger partial charge on any atom is 0.573 e. The van der Waals surface area contributed by atoms with E-state index in [0.29, 0.717) is 22.0 Å². The first-order valence-corrected chi connectivity index (χ1v) is 10.5. The van der Waals surface area contributed by atoms with Gasteiger partial charge in [0.25, 0.3) is 11.8 Å². The van der Waals surface area contributed by atoms with Gasteiger partial charge in [-0.3, -0.25) is 14.3 Å². The number of alkyl halides is 3. The van der Waals surface area contributed by atoms with Crippen LogP contribution in [0.3, 0.4) is 0 Å². The van der Waals surface area contributed by atoms with Crippen LogP contribution in [-0.4, -0.2) is 40.0 Å². The monoisotopic (exact) mass is 516 g/mol. The van der Waals surface area contributed by atoms with Crippen LogP contribution >= 0.6 is 0 Å². The lowest BCUT2D eigenvalue weighted by Crippen LogP contribution is -2.27. The third-order valence-electron chi connectivity index (χ3n) is 5.35. The molecule has 2 aromatic heterocycles. The van der Waals surface area contributed by atoms with E-state index >= 15 is 0 Å². The van der Waals surface area contributed by atoms with Gasteiger partial charge in [-0.15, -0.1) is 13.2 Å². The molecule has 4 rings (SSSR count). The lowest BCUT2D eigenvalue weighted by atomic mass is 10.0. The molecule has 192 valence electrons. The fraction of sp³-hybridized carbons (Fsp3) is 0.200. The molecule has 0 aliphatic rings. The van der Waals surface area contributed by atoms with E-state index in [-0.39, 0.29) is 29.7 Å². The number of benzene rings is 2. The van der Waals surface area contributed by atoms with E-state index in [9.17, 15) is 22.8 Å². The molecule has 0 saturated carbocycles. The summed E-state index contributed by atoms with van der Waals surface area (Å²) in [6.45, 7) is -0.404. The largest absolute Gasteiger partial charge is 0.573 e. The van der Waals surface area contributed by atoms with Crippen LogP contribution in [0, 0.1) is 0 Å². The first kappa shape index (κ1) is 21.7. The van der Waals surface area contributed by atoms with Crippen LogP contribution in [0.2, 0.25) is 0 Å². The van der Waals surface area contributed by atoms with E-state index in [2.05, 4.69) is 20.1 Å². The number of nitrogens with two attached hydrogens (primary N) is 1. The zero-order chi connectivity index (χ0) is 29.0. The Morgan fingerprint density at radius 2 is 2.00 bits per heavy atom. The molecule has 0 bridgehead atoms. The van der Waals surface area contributed by atoms with Gasteiger partial charge >= 0.3 is 6.36 Å². The van der Waals surface area contributed by atoms with E-state index in [1.807, 2.05) is 0 Å². The second-order valence-corrected chi connectivity index (χ2v) is 7.81. The molecule has 4 aromatic rings. The molecule has 0 aliphatic carbocycles. The number of carbonyl (C=O) groups excluding carboxylic acids is 2. The molecule has 37 heavy (non-hydrogen) atoms. The number of pyridine rings is 1. The molecular formula is C25H22F3N5O4. The van der Waals surface area contributed by atoms with E-state index in [1.54, 1.807) is 18.2 Å². The predicted molar refractivity (Wildman–Crippen MR) is 128 cm³/mol. The molecule has 9 nitrogen and oxygen atoms in total. The summed E-state index contributed by atoms with van der Waals surface area (Å²) in [4.78, 5) is 29.2. The summed E-state index contributed by atoms with van der Waals surface area (Å²) in [6.07, 6.45) is -3.50. The highest BCUT2D eigenvalue weighted by atomic mass is 19.4. The molecule has 0 radical (unpaired) electrons. The molecule has 1 atom stereocenters. The van der Waals surface area contributed by atoms with Gasteiger partial charge in [0.1, 0.15) is 11.3 Å². The fourth-order valence-corrected chi connectivity index (χ4v) is 3.67. The molecule has 0 unspecified atom stereocenters. The number of hydrogen-bond donors (Lipinski definition) is 2. The van der Waals surface area contributed by atoms with E-state index in [4.69, 9.17) is 14.6 Å². The zero-order valence-corrected chi connectivity index (χ0v) is 19.1. The third kappa shape index (κ3) is 5.47. The van der Waals surface area contributed by atoms with Crippen molar-refractivity contribution in [3.05, 3.63) is 71.5 Å². The van der Waals surface area contributed by atoms with Crippen molar-refractivity contribution in [2.75, 3.05) is 7.09 Å². The highest BCUT2D eigenvalue weighted by Gasteiger charge is 2.31. The van der Waals surface area contributed by atoms with Crippen LogP contribution < -0.4 is 20.5 Å². The summed E-state index contributed by atoms with van der Waals surface area (Å²) in [5.74, 6) is -2.16. The van der Waals surface area contributed by atoms with Gasteiger partial charge in [-0.25, -0.2) is 4.98 Å². The van der Waals surface area contributed by atoms with Gasteiger partial charge in [0.2, 0.25) is 5.88 Å². The topological polar surface area (TPSA) is 121 Å². The van der Waals surface area contributed by atoms with Crippen molar-refractivity contribution in [1.29, 1.82) is 0 Å². The number of primary amides is 1. The van der Waals surface area contributed by atoms with Gasteiger partial charge in [0.15, 0.2) is 5.69 Å². The number of nitrogens with one attached hydrogen (secondary N) is 1. The Labute approximate surface area is 213 Å². The predicted octanol–water partition coefficient (Wildman–Crippen LogP) is 4.13. The molecule has 2 heterocycles. The minimum atomic E-state index is -4.91. The zero-order valence-electron chi connectivity index (χ0n) is 22.1. The average Bonchev–Trinajstić information content (AvgIpc) is 3.29. The molecule has 0 spiro atoms. The van der Waals surface area contributed by atoms with Gasteiger partial charge in [0, 0.05) is 26.9 Å². The third-order valence-corrected chi connectivity index (χ3v) is 5.35. The van der Waals surface area contributed by atoms with E-state index in [0.717, 1.165) is 12.1 Å². The molecule has 12 heteroatoms. The average molecular weight is 516 g/mol. The van der Waals surface area contributed by atoms with Gasteiger partial charge in [0.05, 0.1) is 20.0 Å². The van der Waals surface area contributed by atoms with Crippen LogP contribution in [0.25, 0.3) is 22.0 Å². The van der Waals surface area contributed by atoms with Crippen molar-refractivity contribution in [2.45, 2.75) is 19.3 Å². The molecule has 0 fully saturated rings. The molecule has 2 aromatic carbocycles. The Bertz CT molecular complexity index is 1560. The lowest BCUT2D eigenvalue weighted by molar-refractivity contribution is -0.274. The highest BCUT2D eigenvalue weighted by molar-refractivity contribution is 6.05. The Kier molecular flexibility index (Phi) is 5.74. The number of rotatable bonds is 7. The maximum absolute atomic E-state index is 13.3. The smallest absolute Gasteiger partial charge is 0.480 e. The number of fused-ring (bicyclic) bond motifs is 1. The van der Waals surface area contributed by atoms with Crippen LogP contribution in [0.15, 0.2) is 54.7 Å². The van der Waals surface area contributed by atoms with Crippen LogP contribution in [0.1, 0.15) is 43.5 Å². The standard InChI is InChI=1S/C25H22F3N5O4/c1-13(14-5-4-6-17(9-14)37-25(26,27)28)31-23(35)19-10-16(12-30-24(19)36-3)15-7-8-18-20(11-15)33(2)32-21(18)22(29)34/h4-13H,1-3H3,(H2,29,34)(H,31,35)/t13-/m1/s1/i1D,2D,3D. The summed E-state index contributed by atoms with van der Waals surface area (Å²) in [6, 6.07) is 10.3. The summed E-state index contributed by atoms with van der Waals surface area (Å²) < 4.78 is 71.3. The quantitative estimate of drug-likeness (QED) is 0.381. The van der Waals surface area contributed by atoms with Crippen molar-refractivity contribution in [3.8, 4) is 22.8 Å². The number of methoxy groups -OCH3 is 1. The summed E-state index contributed by atoms with van der Waals surface area (Å²) in [7, 11) is -0.824.